The number of benzene rings is 3. The Labute approximate surface area is 169 Å². The van der Waals surface area contributed by atoms with Crippen molar-refractivity contribution < 1.29 is 9.53 Å². The van der Waals surface area contributed by atoms with Gasteiger partial charge in [-0.3, -0.25) is 4.79 Å². The number of carbonyl (C=O) groups excluding carboxylic acids is 1. The minimum atomic E-state index is -0.228. The molecule has 0 unspecified atom stereocenters. The van der Waals surface area contributed by atoms with E-state index in [0.29, 0.717) is 6.61 Å². The van der Waals surface area contributed by atoms with Crippen LogP contribution in [0.3, 0.4) is 0 Å². The average Bonchev–Trinajstić information content (AvgIpc) is 2.74. The minimum absolute atomic E-state index is 0.132. The first-order chi connectivity index (χ1) is 13.7. The summed E-state index contributed by atoms with van der Waals surface area (Å²) < 4.78 is 5.76. The molecule has 4 nitrogen and oxygen atoms in total. The van der Waals surface area contributed by atoms with Crippen LogP contribution in [0.25, 0.3) is 0 Å². The van der Waals surface area contributed by atoms with Gasteiger partial charge in [0.2, 0.25) is 0 Å². The Hall–Kier alpha value is -3.05. The molecule has 0 aliphatic heterocycles. The molecule has 0 fully saturated rings. The normalized spacial score (nSPS) is 11.9. The molecular weight excluding hydrogens is 368 g/mol. The number of hydrogen-bond acceptors (Lipinski definition) is 4. The Morgan fingerprint density at radius 2 is 1.64 bits per heavy atom. The summed E-state index contributed by atoms with van der Waals surface area (Å²) in [7, 11) is 0. The molecule has 3 rings (SSSR count). The Kier molecular flexibility index (Phi) is 7.27. The van der Waals surface area contributed by atoms with Crippen LogP contribution < -0.4 is 10.2 Å². The van der Waals surface area contributed by atoms with Gasteiger partial charge < -0.3 is 4.74 Å². The van der Waals surface area contributed by atoms with E-state index in [1.165, 1.54) is 11.8 Å². The first-order valence-electron chi connectivity index (χ1n) is 9.02. The van der Waals surface area contributed by atoms with Crippen molar-refractivity contribution in [3.05, 3.63) is 96.1 Å². The zero-order valence-electron chi connectivity index (χ0n) is 15.6. The molecule has 0 saturated carbocycles. The molecule has 0 aromatic heterocycles. The second kappa shape index (κ2) is 10.3. The van der Waals surface area contributed by atoms with Crippen LogP contribution in [0, 0.1) is 0 Å². The number of rotatable bonds is 8. The van der Waals surface area contributed by atoms with E-state index in [1.807, 2.05) is 91.9 Å². The van der Waals surface area contributed by atoms with Crippen molar-refractivity contribution in [2.45, 2.75) is 23.7 Å². The second-order valence-electron chi connectivity index (χ2n) is 6.15. The summed E-state index contributed by atoms with van der Waals surface area (Å²) >= 11 is 1.50. The lowest BCUT2D eigenvalue weighted by atomic mass is 10.2. The summed E-state index contributed by atoms with van der Waals surface area (Å²) in [6, 6.07) is 27.4. The van der Waals surface area contributed by atoms with E-state index in [9.17, 15) is 4.79 Å². The number of hydrogen-bond donors (Lipinski definition) is 1. The van der Waals surface area contributed by atoms with Gasteiger partial charge in [0.15, 0.2) is 0 Å². The maximum Gasteiger partial charge on any atom is 0.253 e. The third-order valence-corrected chi connectivity index (χ3v) is 5.05. The molecule has 0 heterocycles. The Bertz CT molecular complexity index is 897. The van der Waals surface area contributed by atoms with E-state index in [-0.39, 0.29) is 11.2 Å². The number of carbonyl (C=O) groups is 1. The summed E-state index contributed by atoms with van der Waals surface area (Å²) in [6.07, 6.45) is 1.62. The highest BCUT2D eigenvalue weighted by Crippen LogP contribution is 2.22. The van der Waals surface area contributed by atoms with Crippen molar-refractivity contribution in [1.82, 2.24) is 5.43 Å². The van der Waals surface area contributed by atoms with Gasteiger partial charge in [-0.25, -0.2) is 5.43 Å². The predicted octanol–water partition coefficient (Wildman–Crippen LogP) is 4.90. The van der Waals surface area contributed by atoms with Crippen molar-refractivity contribution in [1.29, 1.82) is 0 Å². The van der Waals surface area contributed by atoms with Crippen LogP contribution >= 0.6 is 11.8 Å². The first kappa shape index (κ1) is 19.7. The highest BCUT2D eigenvalue weighted by atomic mass is 32.2. The zero-order chi connectivity index (χ0) is 19.6. The van der Waals surface area contributed by atoms with Crippen LogP contribution in [0.5, 0.6) is 5.75 Å². The monoisotopic (exact) mass is 390 g/mol. The molecule has 1 atom stereocenters. The minimum Gasteiger partial charge on any atom is -0.489 e. The lowest BCUT2D eigenvalue weighted by molar-refractivity contribution is -0.120. The molecule has 1 amide bonds. The highest BCUT2D eigenvalue weighted by Gasteiger charge is 2.13. The summed E-state index contributed by atoms with van der Waals surface area (Å²) in [4.78, 5) is 13.2. The van der Waals surface area contributed by atoms with E-state index in [0.717, 1.165) is 21.8 Å². The number of ether oxygens (including phenoxy) is 1. The number of nitrogens with one attached hydrogen (secondary N) is 1. The van der Waals surface area contributed by atoms with Gasteiger partial charge >= 0.3 is 0 Å². The molecule has 0 bridgehead atoms. The van der Waals surface area contributed by atoms with Gasteiger partial charge in [-0.1, -0.05) is 48.5 Å². The van der Waals surface area contributed by atoms with Crippen LogP contribution in [0.2, 0.25) is 0 Å². The van der Waals surface area contributed by atoms with Crippen LogP contribution in [-0.2, 0) is 11.4 Å². The van der Waals surface area contributed by atoms with Crippen molar-refractivity contribution in [3.63, 3.8) is 0 Å². The molecule has 0 saturated heterocycles. The van der Waals surface area contributed by atoms with Gasteiger partial charge in [-0.05, 0) is 54.4 Å². The summed E-state index contributed by atoms with van der Waals surface area (Å²) in [5.41, 5.74) is 4.60. The van der Waals surface area contributed by atoms with Crippen molar-refractivity contribution in [2.75, 3.05) is 0 Å². The van der Waals surface area contributed by atoms with Gasteiger partial charge in [0.25, 0.3) is 5.91 Å². The van der Waals surface area contributed by atoms with E-state index >= 15 is 0 Å². The number of amides is 1. The van der Waals surface area contributed by atoms with Crippen LogP contribution in [0.1, 0.15) is 18.1 Å². The Morgan fingerprint density at radius 1 is 1.00 bits per heavy atom. The molecule has 1 N–H and O–H groups in total. The van der Waals surface area contributed by atoms with Gasteiger partial charge in [0.05, 0.1) is 11.5 Å². The smallest absolute Gasteiger partial charge is 0.253 e. The second-order valence-corrected chi connectivity index (χ2v) is 7.56. The summed E-state index contributed by atoms with van der Waals surface area (Å²) in [5.74, 6) is 0.658. The van der Waals surface area contributed by atoms with Gasteiger partial charge in [-0.2, -0.15) is 5.10 Å². The lowest BCUT2D eigenvalue weighted by Gasteiger charge is -2.09. The van der Waals surface area contributed by atoms with Crippen LogP contribution in [0.15, 0.2) is 94.9 Å². The Morgan fingerprint density at radius 3 is 2.32 bits per heavy atom. The fourth-order valence-corrected chi connectivity index (χ4v) is 3.29. The summed E-state index contributed by atoms with van der Waals surface area (Å²) in [6.45, 7) is 2.39. The standard InChI is InChI=1S/C23H22N2O2S/c1-18(28-22-10-6-3-7-11-22)23(26)25-24-16-19-12-14-21(15-13-19)27-17-20-8-4-2-5-9-20/h2-16,18H,17H2,1H3,(H,25,26)/b24-16-/t18-/m1/s1. The molecule has 0 aliphatic rings. The van der Waals surface area contributed by atoms with Gasteiger partial charge in [-0.15, -0.1) is 11.8 Å². The summed E-state index contributed by atoms with van der Waals surface area (Å²) in [5, 5.41) is 3.82. The molecule has 0 aliphatic carbocycles. The third-order valence-electron chi connectivity index (χ3n) is 3.94. The topological polar surface area (TPSA) is 50.7 Å². The first-order valence-corrected chi connectivity index (χ1v) is 9.90. The molecule has 28 heavy (non-hydrogen) atoms. The van der Waals surface area contributed by atoms with Gasteiger partial charge in [0.1, 0.15) is 12.4 Å². The zero-order valence-corrected chi connectivity index (χ0v) is 16.4. The predicted molar refractivity (Wildman–Crippen MR) is 115 cm³/mol. The maximum atomic E-state index is 12.1. The molecule has 0 spiro atoms. The van der Waals surface area contributed by atoms with Crippen molar-refractivity contribution >= 4 is 23.9 Å². The average molecular weight is 391 g/mol. The fourth-order valence-electron chi connectivity index (χ4n) is 2.41. The number of hydrazone groups is 1. The Balaban J connectivity index is 1.45. The highest BCUT2D eigenvalue weighted by molar-refractivity contribution is 8.00. The molecule has 3 aromatic carbocycles. The van der Waals surface area contributed by atoms with E-state index in [2.05, 4.69) is 10.5 Å². The third kappa shape index (κ3) is 6.28. The van der Waals surface area contributed by atoms with E-state index in [4.69, 9.17) is 4.74 Å². The molecule has 3 aromatic rings. The van der Waals surface area contributed by atoms with E-state index in [1.54, 1.807) is 6.21 Å². The molecule has 142 valence electrons. The van der Waals surface area contributed by atoms with Crippen LogP contribution in [-0.4, -0.2) is 17.4 Å². The molecule has 5 heteroatoms. The van der Waals surface area contributed by atoms with E-state index < -0.39 is 0 Å². The number of thioether (sulfide) groups is 1. The molecular formula is C23H22N2O2S. The maximum absolute atomic E-state index is 12.1. The van der Waals surface area contributed by atoms with Crippen molar-refractivity contribution in [2.24, 2.45) is 5.10 Å². The lowest BCUT2D eigenvalue weighted by Crippen LogP contribution is -2.26. The van der Waals surface area contributed by atoms with Gasteiger partial charge in [0, 0.05) is 4.90 Å². The largest absolute Gasteiger partial charge is 0.489 e. The fraction of sp³-hybridized carbons (Fsp3) is 0.130. The SMILES string of the molecule is C[C@@H](Sc1ccccc1)C(=O)N/N=C\c1ccc(OCc2ccccc2)cc1. The van der Waals surface area contributed by atoms with Crippen LogP contribution in [0.4, 0.5) is 0 Å². The molecule has 0 radical (unpaired) electrons. The van der Waals surface area contributed by atoms with Crippen molar-refractivity contribution in [3.8, 4) is 5.75 Å². The number of nitrogens with zero attached hydrogens (tertiary/aromatic N) is 1. The quantitative estimate of drug-likeness (QED) is 0.338.